The van der Waals surface area contributed by atoms with Crippen LogP contribution in [0.4, 0.5) is 13.2 Å². The van der Waals surface area contributed by atoms with Crippen molar-refractivity contribution in [2.45, 2.75) is 70.0 Å². The molecule has 3 heterocycles. The van der Waals surface area contributed by atoms with Crippen LogP contribution in [0.5, 0.6) is 0 Å². The van der Waals surface area contributed by atoms with Gasteiger partial charge in [-0.15, -0.1) is 0 Å². The molecule has 270 valence electrons. The molecule has 6 rings (SSSR count). The summed E-state index contributed by atoms with van der Waals surface area (Å²) in [5, 5.41) is 13.7. The molecule has 2 aliphatic rings. The summed E-state index contributed by atoms with van der Waals surface area (Å²) in [6, 6.07) is 15.7. The van der Waals surface area contributed by atoms with Crippen LogP contribution in [-0.2, 0) is 13.2 Å². The fraction of sp³-hybridized carbons (Fsp3) is 0.487. The smallest absolute Gasteiger partial charge is 0.306 e. The van der Waals surface area contributed by atoms with Gasteiger partial charge in [-0.1, -0.05) is 25.3 Å². The van der Waals surface area contributed by atoms with Crippen LogP contribution in [0.25, 0.3) is 22.8 Å². The van der Waals surface area contributed by atoms with Crippen molar-refractivity contribution in [2.75, 3.05) is 33.7 Å². The van der Waals surface area contributed by atoms with Gasteiger partial charge in [-0.3, -0.25) is 14.3 Å². The molecule has 0 radical (unpaired) electrons. The van der Waals surface area contributed by atoms with Gasteiger partial charge < -0.3 is 9.80 Å². The van der Waals surface area contributed by atoms with Crippen LogP contribution in [0, 0.1) is 23.2 Å². The highest BCUT2D eigenvalue weighted by atomic mass is 19.4. The summed E-state index contributed by atoms with van der Waals surface area (Å²) in [6.45, 7) is 3.49. The fourth-order valence-corrected chi connectivity index (χ4v) is 7.98. The van der Waals surface area contributed by atoms with Crippen LogP contribution in [-0.4, -0.2) is 74.5 Å². The standard InChI is InChI=1S/C39H46F3N7O2/c1-45(2)31-19-22-47(23-20-31)26-29-12-10-27(11-13-29)6-4-9-35(50)36-37(34-18-21-44-48(34)32-16-14-28(25-43)15-17-32)46(3)49(38(36)51)33-8-5-7-30(24-33)39(40,41)42/h5,7-8,14-18,21,24,27,29,31H,4,6,9-13,19-20,22-23,26H2,1-3H3. The second-order valence-corrected chi connectivity index (χ2v) is 14.4. The summed E-state index contributed by atoms with van der Waals surface area (Å²) in [4.78, 5) is 33.1. The SMILES string of the molecule is CN(C)C1CCN(CC2CCC(CCCC(=O)c3c(-c4ccnn4-c4ccc(C#N)cc4)n(C)n(-c4cccc(C(F)(F)F)c4)c3=O)CC2)CC1. The number of nitrogens with zero attached hydrogens (tertiary/aromatic N) is 7. The van der Waals surface area contributed by atoms with Crippen molar-refractivity contribution in [1.29, 1.82) is 5.26 Å². The Morgan fingerprint density at radius 2 is 1.65 bits per heavy atom. The maximum absolute atomic E-state index is 14.1. The maximum atomic E-state index is 14.1. The van der Waals surface area contributed by atoms with Crippen molar-refractivity contribution in [3.8, 4) is 28.8 Å². The van der Waals surface area contributed by atoms with Crippen molar-refractivity contribution in [1.82, 2.24) is 28.9 Å². The number of rotatable bonds is 11. The summed E-state index contributed by atoms with van der Waals surface area (Å²) < 4.78 is 45.2. The zero-order valence-corrected chi connectivity index (χ0v) is 29.6. The second-order valence-electron chi connectivity index (χ2n) is 14.4. The highest BCUT2D eigenvalue weighted by Crippen LogP contribution is 2.34. The van der Waals surface area contributed by atoms with E-state index in [1.165, 1.54) is 55.2 Å². The lowest BCUT2D eigenvalue weighted by Crippen LogP contribution is -2.43. The van der Waals surface area contributed by atoms with Gasteiger partial charge in [0.15, 0.2) is 5.78 Å². The molecule has 1 aliphatic carbocycles. The number of aromatic nitrogens is 4. The Morgan fingerprint density at radius 3 is 2.29 bits per heavy atom. The van der Waals surface area contributed by atoms with E-state index >= 15 is 0 Å². The molecule has 0 atom stereocenters. The largest absolute Gasteiger partial charge is 0.416 e. The van der Waals surface area contributed by atoms with Gasteiger partial charge in [0.25, 0.3) is 5.56 Å². The first-order chi connectivity index (χ1) is 24.4. The van der Waals surface area contributed by atoms with Crippen LogP contribution in [0.2, 0.25) is 0 Å². The molecule has 9 nitrogen and oxygen atoms in total. The van der Waals surface area contributed by atoms with E-state index in [1.54, 1.807) is 42.1 Å². The third-order valence-electron chi connectivity index (χ3n) is 10.9. The first-order valence-corrected chi connectivity index (χ1v) is 17.9. The number of alkyl halides is 3. The maximum Gasteiger partial charge on any atom is 0.416 e. The molecule has 1 saturated heterocycles. The molecule has 2 fully saturated rings. The molecule has 0 bridgehead atoms. The van der Waals surface area contributed by atoms with Gasteiger partial charge in [0.2, 0.25) is 0 Å². The first kappa shape index (κ1) is 36.3. The number of Topliss-reactive ketones (excluding diaryl/α,β-unsaturated/α-hetero) is 1. The van der Waals surface area contributed by atoms with Crippen molar-refractivity contribution in [2.24, 2.45) is 18.9 Å². The third-order valence-corrected chi connectivity index (χ3v) is 10.9. The molecule has 12 heteroatoms. The number of carbonyl (C=O) groups excluding carboxylic acids is 1. The molecular weight excluding hydrogens is 655 g/mol. The van der Waals surface area contributed by atoms with Crippen molar-refractivity contribution in [3.05, 3.63) is 87.8 Å². The van der Waals surface area contributed by atoms with Crippen molar-refractivity contribution < 1.29 is 18.0 Å². The number of benzene rings is 2. The van der Waals surface area contributed by atoms with E-state index < -0.39 is 17.3 Å². The third kappa shape index (κ3) is 8.05. The Kier molecular flexibility index (Phi) is 11.0. The minimum atomic E-state index is -4.61. The first-order valence-electron chi connectivity index (χ1n) is 17.9. The highest BCUT2D eigenvalue weighted by Gasteiger charge is 2.33. The van der Waals surface area contributed by atoms with Crippen LogP contribution in [0.1, 0.15) is 79.3 Å². The Hall–Kier alpha value is -4.47. The van der Waals surface area contributed by atoms with Gasteiger partial charge in [0.1, 0.15) is 5.56 Å². The summed E-state index contributed by atoms with van der Waals surface area (Å²) in [5.41, 5.74) is 0.0961. The molecule has 1 saturated carbocycles. The van der Waals surface area contributed by atoms with Crippen molar-refractivity contribution in [3.63, 3.8) is 0 Å². The highest BCUT2D eigenvalue weighted by molar-refractivity contribution is 6.01. The van der Waals surface area contributed by atoms with E-state index in [0.717, 1.165) is 49.2 Å². The monoisotopic (exact) mass is 701 g/mol. The normalized spacial score (nSPS) is 19.0. The van der Waals surface area contributed by atoms with Crippen molar-refractivity contribution >= 4 is 5.78 Å². The van der Waals surface area contributed by atoms with Gasteiger partial charge in [-0.2, -0.15) is 23.5 Å². The molecule has 4 aromatic rings. The van der Waals surface area contributed by atoms with Gasteiger partial charge >= 0.3 is 6.18 Å². The summed E-state index contributed by atoms with van der Waals surface area (Å²) >= 11 is 0. The molecule has 0 spiro atoms. The fourth-order valence-electron chi connectivity index (χ4n) is 7.98. The molecular formula is C39H46F3N7O2. The van der Waals surface area contributed by atoms with E-state index in [-0.39, 0.29) is 29.1 Å². The molecule has 2 aromatic heterocycles. The average Bonchev–Trinajstić information content (AvgIpc) is 3.70. The minimum absolute atomic E-state index is 0.000828. The lowest BCUT2D eigenvalue weighted by atomic mass is 9.79. The molecule has 0 unspecified atom stereocenters. The van der Waals surface area contributed by atoms with Crippen LogP contribution in [0.15, 0.2) is 65.6 Å². The summed E-state index contributed by atoms with van der Waals surface area (Å²) in [7, 11) is 5.89. The Bertz CT molecular complexity index is 1920. The Balaban J connectivity index is 1.19. The number of likely N-dealkylation sites (tertiary alicyclic amines) is 1. The molecule has 0 amide bonds. The number of halogens is 3. The zero-order chi connectivity index (χ0) is 36.3. The number of carbonyl (C=O) groups is 1. The van der Waals surface area contributed by atoms with Crippen LogP contribution < -0.4 is 5.56 Å². The van der Waals surface area contributed by atoms with E-state index in [4.69, 9.17) is 0 Å². The number of piperidine rings is 1. The number of hydrogen-bond donors (Lipinski definition) is 0. The molecule has 1 aliphatic heterocycles. The topological polar surface area (TPSA) is 92.1 Å². The zero-order valence-electron chi connectivity index (χ0n) is 29.6. The number of hydrogen-bond acceptors (Lipinski definition) is 6. The Labute approximate surface area is 296 Å². The Morgan fingerprint density at radius 1 is 0.961 bits per heavy atom. The van der Waals surface area contributed by atoms with Gasteiger partial charge in [-0.25, -0.2) is 9.36 Å². The summed E-state index contributed by atoms with van der Waals surface area (Å²) in [5.74, 6) is 0.892. The molecule has 51 heavy (non-hydrogen) atoms. The average molecular weight is 702 g/mol. The number of ketones is 1. The molecule has 0 N–H and O–H groups in total. The quantitative estimate of drug-likeness (QED) is 0.155. The molecule has 2 aromatic carbocycles. The lowest BCUT2D eigenvalue weighted by Gasteiger charge is -2.38. The van der Waals surface area contributed by atoms with Gasteiger partial charge in [0, 0.05) is 26.1 Å². The predicted molar refractivity (Wildman–Crippen MR) is 190 cm³/mol. The summed E-state index contributed by atoms with van der Waals surface area (Å²) in [6.07, 6.45) is 5.69. The lowest BCUT2D eigenvalue weighted by molar-refractivity contribution is -0.137. The van der Waals surface area contributed by atoms with Gasteiger partial charge in [-0.05, 0) is 120 Å². The van der Waals surface area contributed by atoms with Crippen LogP contribution >= 0.6 is 0 Å². The minimum Gasteiger partial charge on any atom is -0.306 e. The number of nitriles is 1. The van der Waals surface area contributed by atoms with E-state index in [2.05, 4.69) is 35.1 Å². The van der Waals surface area contributed by atoms with E-state index in [1.807, 2.05) is 0 Å². The second kappa shape index (κ2) is 15.4. The predicted octanol–water partition coefficient (Wildman–Crippen LogP) is 7.10. The van der Waals surface area contributed by atoms with Crippen LogP contribution in [0.3, 0.4) is 0 Å². The van der Waals surface area contributed by atoms with E-state index in [0.29, 0.717) is 41.2 Å². The van der Waals surface area contributed by atoms with Gasteiger partial charge in [0.05, 0.1) is 46.2 Å². The van der Waals surface area contributed by atoms with E-state index in [9.17, 15) is 28.0 Å².